The molecule has 1 saturated heterocycles. The number of urea groups is 1. The van der Waals surface area contributed by atoms with Crippen LogP contribution in [0, 0.1) is 29.1 Å². The largest absolute Gasteiger partial charge is 0.479 e. The van der Waals surface area contributed by atoms with Gasteiger partial charge in [0.25, 0.3) is 0 Å². The van der Waals surface area contributed by atoms with Crippen LogP contribution >= 0.6 is 0 Å². The molecule has 0 aromatic carbocycles. The number of fused-ring (bicyclic) bond motifs is 1. The van der Waals surface area contributed by atoms with Crippen molar-refractivity contribution in [2.24, 2.45) is 29.1 Å². The van der Waals surface area contributed by atoms with E-state index in [1.165, 1.54) is 6.26 Å². The molecule has 5 rings (SSSR count). The Balaban J connectivity index is 1.36. The Hall–Kier alpha value is -2.41. The smallest absolute Gasteiger partial charge is 0.334 e. The second-order valence-corrected chi connectivity index (χ2v) is 17.5. The minimum Gasteiger partial charge on any atom is -0.479 e. The fourth-order valence-corrected chi connectivity index (χ4v) is 10.1. The quantitative estimate of drug-likeness (QED) is 0.213. The number of aliphatic hydroxyl groups is 1. The molecule has 5 fully saturated rings. The van der Waals surface area contributed by atoms with Gasteiger partial charge < -0.3 is 31.1 Å². The molecule has 1 aliphatic heterocycles. The summed E-state index contributed by atoms with van der Waals surface area (Å²) in [5, 5.41) is 28.7. The van der Waals surface area contributed by atoms with Crippen LogP contribution in [0.2, 0.25) is 0 Å². The highest BCUT2D eigenvalue weighted by atomic mass is 32.2. The van der Waals surface area contributed by atoms with Gasteiger partial charge in [0.05, 0.1) is 17.3 Å². The van der Waals surface area contributed by atoms with E-state index in [2.05, 4.69) is 29.8 Å². The molecule has 3 unspecified atom stereocenters. The number of aliphatic hydroxyl groups excluding tert-OH is 1. The third kappa shape index (κ3) is 7.77. The Morgan fingerprint density at radius 1 is 0.933 bits per heavy atom. The number of rotatable bonds is 12. The number of carboxylic acid groups (broad SMARTS) is 1. The van der Waals surface area contributed by atoms with E-state index in [0.717, 1.165) is 64.2 Å². The zero-order chi connectivity index (χ0) is 32.7. The molecule has 45 heavy (non-hydrogen) atoms. The fourth-order valence-electron chi connectivity index (χ4n) is 8.71. The number of nitrogens with zero attached hydrogens (tertiary/aromatic N) is 1. The number of likely N-dealkylation sites (tertiary alicyclic amines) is 1. The lowest BCUT2D eigenvalue weighted by Gasteiger charge is -2.40. The lowest BCUT2D eigenvalue weighted by molar-refractivity contribution is -0.150. The summed E-state index contributed by atoms with van der Waals surface area (Å²) < 4.78 is 24.6. The highest BCUT2D eigenvalue weighted by Gasteiger charge is 2.69. The van der Waals surface area contributed by atoms with Gasteiger partial charge in [-0.2, -0.15) is 0 Å². The van der Waals surface area contributed by atoms with Gasteiger partial charge in [-0.25, -0.2) is 18.0 Å². The Morgan fingerprint density at radius 2 is 1.56 bits per heavy atom. The summed E-state index contributed by atoms with van der Waals surface area (Å²) in [4.78, 5) is 55.2. The monoisotopic (exact) mass is 652 g/mol. The SMILES string of the molecule is CC1(C)C2CN(C(=O)[C@@H](NC(=O)NC3(CS(C)(=O)=O)CCCCC3)C3CCCCC3)[C@H](C(=O)NC(CC3CC3)C(O)C(=O)O)[C@H]21. The Morgan fingerprint density at radius 3 is 2.13 bits per heavy atom. The van der Waals surface area contributed by atoms with Gasteiger partial charge in [0.15, 0.2) is 6.10 Å². The maximum Gasteiger partial charge on any atom is 0.334 e. The summed E-state index contributed by atoms with van der Waals surface area (Å²) in [6, 6.07) is -3.25. The van der Waals surface area contributed by atoms with E-state index in [9.17, 15) is 37.8 Å². The molecule has 0 spiro atoms. The average Bonchev–Trinajstić information content (AvgIpc) is 3.82. The molecule has 5 aliphatic rings. The van der Waals surface area contributed by atoms with Crippen LogP contribution in [-0.4, -0.2) is 95.7 Å². The molecular formula is C32H52N4O8S. The average molecular weight is 653 g/mol. The van der Waals surface area contributed by atoms with Gasteiger partial charge in [-0.1, -0.05) is 65.2 Å². The Kier molecular flexibility index (Phi) is 9.81. The van der Waals surface area contributed by atoms with E-state index in [1.807, 2.05) is 0 Å². The fraction of sp³-hybridized carbons (Fsp3) is 0.875. The summed E-state index contributed by atoms with van der Waals surface area (Å²) >= 11 is 0. The summed E-state index contributed by atoms with van der Waals surface area (Å²) in [6.45, 7) is 4.48. The van der Waals surface area contributed by atoms with Crippen molar-refractivity contribution in [2.45, 2.75) is 127 Å². The van der Waals surface area contributed by atoms with Gasteiger partial charge in [0.1, 0.15) is 21.9 Å². The first-order chi connectivity index (χ1) is 21.1. The van der Waals surface area contributed by atoms with E-state index in [4.69, 9.17) is 0 Å². The first-order valence-electron chi connectivity index (χ1n) is 16.9. The minimum atomic E-state index is -3.38. The van der Waals surface area contributed by atoms with E-state index >= 15 is 0 Å². The van der Waals surface area contributed by atoms with Crippen LogP contribution < -0.4 is 16.0 Å². The zero-order valence-corrected chi connectivity index (χ0v) is 27.7. The van der Waals surface area contributed by atoms with Crippen molar-refractivity contribution in [3.63, 3.8) is 0 Å². The van der Waals surface area contributed by atoms with Gasteiger partial charge in [0.2, 0.25) is 11.8 Å². The Bertz CT molecular complexity index is 1260. The molecule has 1 heterocycles. The number of carboxylic acids is 1. The molecule has 12 nitrogen and oxygen atoms in total. The van der Waals surface area contributed by atoms with Crippen LogP contribution in [0.1, 0.15) is 97.3 Å². The van der Waals surface area contributed by atoms with Crippen molar-refractivity contribution in [1.29, 1.82) is 0 Å². The first-order valence-corrected chi connectivity index (χ1v) is 19.0. The van der Waals surface area contributed by atoms with Crippen molar-refractivity contribution >= 4 is 33.7 Å². The molecule has 0 aromatic rings. The lowest BCUT2D eigenvalue weighted by atomic mass is 9.82. The summed E-state index contributed by atoms with van der Waals surface area (Å²) in [5.74, 6) is -2.26. The summed E-state index contributed by atoms with van der Waals surface area (Å²) in [5.41, 5.74) is -1.07. The van der Waals surface area contributed by atoms with Crippen LogP contribution in [0.15, 0.2) is 0 Å². The molecule has 4 saturated carbocycles. The normalized spacial score (nSPS) is 29.5. The van der Waals surface area contributed by atoms with E-state index in [-0.39, 0.29) is 40.7 Å². The van der Waals surface area contributed by atoms with Crippen molar-refractivity contribution in [3.05, 3.63) is 0 Å². The number of carbonyl (C=O) groups excluding carboxylic acids is 3. The number of piperidine rings is 1. The molecule has 254 valence electrons. The van der Waals surface area contributed by atoms with Gasteiger partial charge in [-0.15, -0.1) is 0 Å². The molecule has 0 radical (unpaired) electrons. The summed E-state index contributed by atoms with van der Waals surface area (Å²) in [7, 11) is -3.38. The highest BCUT2D eigenvalue weighted by molar-refractivity contribution is 7.90. The van der Waals surface area contributed by atoms with Crippen LogP contribution in [0.25, 0.3) is 0 Å². The number of amides is 4. The Labute approximate surface area is 266 Å². The van der Waals surface area contributed by atoms with E-state index in [0.29, 0.717) is 25.8 Å². The van der Waals surface area contributed by atoms with Crippen molar-refractivity contribution in [3.8, 4) is 0 Å². The predicted octanol–water partition coefficient (Wildman–Crippen LogP) is 2.20. The zero-order valence-electron chi connectivity index (χ0n) is 26.9. The van der Waals surface area contributed by atoms with Crippen molar-refractivity contribution in [2.75, 3.05) is 18.6 Å². The molecule has 0 aromatic heterocycles. The van der Waals surface area contributed by atoms with Crippen molar-refractivity contribution in [1.82, 2.24) is 20.9 Å². The highest BCUT2D eigenvalue weighted by Crippen LogP contribution is 2.65. The van der Waals surface area contributed by atoms with Crippen LogP contribution in [0.5, 0.6) is 0 Å². The third-order valence-electron chi connectivity index (χ3n) is 11.4. The number of hydrogen-bond acceptors (Lipinski definition) is 7. The second kappa shape index (κ2) is 13.0. The van der Waals surface area contributed by atoms with Gasteiger partial charge >= 0.3 is 12.0 Å². The maximum atomic E-state index is 14.5. The van der Waals surface area contributed by atoms with Crippen LogP contribution in [-0.2, 0) is 24.2 Å². The number of aliphatic carboxylic acids is 1. The number of nitrogens with one attached hydrogen (secondary N) is 3. The van der Waals surface area contributed by atoms with Gasteiger partial charge in [-0.05, 0) is 61.2 Å². The van der Waals surface area contributed by atoms with Gasteiger partial charge in [0, 0.05) is 12.8 Å². The standard InChI is InChI=1S/C32H52N4O8S/c1-31(2)21-17-36(25(23(21)31)27(38)33-22(16-19-12-13-19)26(37)29(40)41)28(39)24(20-10-6-4-7-11-20)34-30(42)35-32(18-45(3,43)44)14-8-5-9-15-32/h19-26,37H,4-18H2,1-3H3,(H,33,38)(H,40,41)(H2,34,35,42)/t21?,22?,23-,24-,25-,26?/m0/s1. The first kappa shape index (κ1) is 33.9. The molecular weight excluding hydrogens is 600 g/mol. The number of sulfone groups is 1. The van der Waals surface area contributed by atoms with Crippen molar-refractivity contribution < 1.29 is 37.8 Å². The van der Waals surface area contributed by atoms with Crippen LogP contribution in [0.3, 0.4) is 0 Å². The topological polar surface area (TPSA) is 182 Å². The van der Waals surface area contributed by atoms with Gasteiger partial charge in [-0.3, -0.25) is 9.59 Å². The second-order valence-electron chi connectivity index (χ2n) is 15.4. The molecule has 4 amide bonds. The molecule has 0 bridgehead atoms. The van der Waals surface area contributed by atoms with E-state index < -0.39 is 57.5 Å². The molecule has 5 N–H and O–H groups in total. The summed E-state index contributed by atoms with van der Waals surface area (Å²) in [6.07, 6.45) is 9.72. The minimum absolute atomic E-state index is 0.0876. The maximum absolute atomic E-state index is 14.5. The third-order valence-corrected chi connectivity index (χ3v) is 12.5. The number of hydrogen-bond donors (Lipinski definition) is 5. The number of carbonyl (C=O) groups is 4. The predicted molar refractivity (Wildman–Crippen MR) is 167 cm³/mol. The molecule has 6 atom stereocenters. The molecule has 4 aliphatic carbocycles. The molecule has 13 heteroatoms. The van der Waals surface area contributed by atoms with Crippen LogP contribution in [0.4, 0.5) is 4.79 Å². The lowest BCUT2D eigenvalue weighted by Crippen LogP contribution is -2.63. The van der Waals surface area contributed by atoms with E-state index in [1.54, 1.807) is 4.90 Å².